The van der Waals surface area contributed by atoms with Gasteiger partial charge in [-0.2, -0.15) is 0 Å². The highest BCUT2D eigenvalue weighted by atomic mass is 19.1. The zero-order chi connectivity index (χ0) is 20.3. The first kappa shape index (κ1) is 20.2. The van der Waals surface area contributed by atoms with E-state index < -0.39 is 6.10 Å². The predicted octanol–water partition coefficient (Wildman–Crippen LogP) is 4.24. The predicted molar refractivity (Wildman–Crippen MR) is 110 cm³/mol. The Morgan fingerprint density at radius 2 is 1.54 bits per heavy atom. The summed E-state index contributed by atoms with van der Waals surface area (Å²) in [4.78, 5) is 16.8. The van der Waals surface area contributed by atoms with Gasteiger partial charge in [0.2, 0.25) is 0 Å². The number of hydrogen-bond acceptors (Lipinski definition) is 3. The van der Waals surface area contributed by atoms with E-state index in [2.05, 4.69) is 25.7 Å². The van der Waals surface area contributed by atoms with Gasteiger partial charge in [0.1, 0.15) is 11.6 Å². The SMILES string of the molecule is C[C@@H](Oc1ccc(C(C)(C)C)cc1)C(=O)N1CCN(c2ccc(F)cc2)CC1. The quantitative estimate of drug-likeness (QED) is 0.790. The van der Waals surface area contributed by atoms with Gasteiger partial charge in [-0.1, -0.05) is 32.9 Å². The van der Waals surface area contributed by atoms with E-state index in [0.29, 0.717) is 18.8 Å². The maximum atomic E-state index is 13.1. The molecule has 0 saturated carbocycles. The Morgan fingerprint density at radius 1 is 0.964 bits per heavy atom. The first-order valence-electron chi connectivity index (χ1n) is 9.80. The second kappa shape index (κ2) is 8.21. The van der Waals surface area contributed by atoms with E-state index in [4.69, 9.17) is 4.74 Å². The molecule has 0 aromatic heterocycles. The molecule has 150 valence electrons. The van der Waals surface area contributed by atoms with E-state index in [1.54, 1.807) is 19.1 Å². The first-order valence-corrected chi connectivity index (χ1v) is 9.80. The molecule has 1 aliphatic heterocycles. The van der Waals surface area contributed by atoms with E-state index in [1.807, 2.05) is 29.2 Å². The van der Waals surface area contributed by atoms with Crippen molar-refractivity contribution in [1.29, 1.82) is 0 Å². The van der Waals surface area contributed by atoms with Gasteiger partial charge in [-0.3, -0.25) is 4.79 Å². The number of ether oxygens (including phenoxy) is 1. The Labute approximate surface area is 166 Å². The van der Waals surface area contributed by atoms with Crippen LogP contribution in [0, 0.1) is 5.82 Å². The lowest BCUT2D eigenvalue weighted by molar-refractivity contribution is -0.138. The van der Waals surface area contributed by atoms with Gasteiger partial charge in [-0.25, -0.2) is 4.39 Å². The van der Waals surface area contributed by atoms with Crippen molar-refractivity contribution in [1.82, 2.24) is 4.90 Å². The van der Waals surface area contributed by atoms with Crippen molar-refractivity contribution >= 4 is 11.6 Å². The molecule has 0 unspecified atom stereocenters. The number of piperazine rings is 1. The van der Waals surface area contributed by atoms with E-state index in [1.165, 1.54) is 17.7 Å². The highest BCUT2D eigenvalue weighted by molar-refractivity contribution is 5.81. The second-order valence-electron chi connectivity index (χ2n) is 8.32. The average Bonchev–Trinajstić information content (AvgIpc) is 2.68. The van der Waals surface area contributed by atoms with Gasteiger partial charge in [0.05, 0.1) is 0 Å². The molecule has 2 aromatic rings. The minimum Gasteiger partial charge on any atom is -0.481 e. The molecule has 0 bridgehead atoms. The molecule has 5 heteroatoms. The summed E-state index contributed by atoms with van der Waals surface area (Å²) in [6.45, 7) is 11.0. The highest BCUT2D eigenvalue weighted by Gasteiger charge is 2.26. The monoisotopic (exact) mass is 384 g/mol. The molecule has 1 amide bonds. The molecule has 2 aromatic carbocycles. The van der Waals surface area contributed by atoms with Gasteiger partial charge >= 0.3 is 0 Å². The molecule has 1 heterocycles. The van der Waals surface area contributed by atoms with E-state index >= 15 is 0 Å². The maximum Gasteiger partial charge on any atom is 0.263 e. The van der Waals surface area contributed by atoms with E-state index in [9.17, 15) is 9.18 Å². The third kappa shape index (κ3) is 4.83. The van der Waals surface area contributed by atoms with Gasteiger partial charge in [-0.05, 0) is 54.3 Å². The lowest BCUT2D eigenvalue weighted by Crippen LogP contribution is -2.52. The summed E-state index contributed by atoms with van der Waals surface area (Å²) in [5.41, 5.74) is 2.30. The lowest BCUT2D eigenvalue weighted by Gasteiger charge is -2.37. The average molecular weight is 384 g/mol. The smallest absolute Gasteiger partial charge is 0.263 e. The van der Waals surface area contributed by atoms with Gasteiger partial charge in [-0.15, -0.1) is 0 Å². The fraction of sp³-hybridized carbons (Fsp3) is 0.435. The van der Waals surface area contributed by atoms with Crippen LogP contribution < -0.4 is 9.64 Å². The number of anilines is 1. The molecule has 1 aliphatic rings. The number of benzene rings is 2. The number of halogens is 1. The zero-order valence-corrected chi connectivity index (χ0v) is 17.1. The van der Waals surface area contributed by atoms with Crippen LogP contribution in [0.3, 0.4) is 0 Å². The number of carbonyl (C=O) groups excluding carboxylic acids is 1. The minimum atomic E-state index is -0.530. The molecule has 0 N–H and O–H groups in total. The Morgan fingerprint density at radius 3 is 2.07 bits per heavy atom. The molecule has 0 aliphatic carbocycles. The molecule has 0 spiro atoms. The minimum absolute atomic E-state index is 0.00125. The highest BCUT2D eigenvalue weighted by Crippen LogP contribution is 2.25. The lowest BCUT2D eigenvalue weighted by atomic mass is 9.87. The topological polar surface area (TPSA) is 32.8 Å². The van der Waals surface area contributed by atoms with Crippen LogP contribution in [-0.4, -0.2) is 43.1 Å². The van der Waals surface area contributed by atoms with Gasteiger partial charge in [0, 0.05) is 31.9 Å². The molecule has 28 heavy (non-hydrogen) atoms. The van der Waals surface area contributed by atoms with Crippen molar-refractivity contribution in [2.75, 3.05) is 31.1 Å². The molecule has 0 radical (unpaired) electrons. The van der Waals surface area contributed by atoms with Crippen LogP contribution in [0.15, 0.2) is 48.5 Å². The van der Waals surface area contributed by atoms with Crippen LogP contribution in [0.5, 0.6) is 5.75 Å². The van der Waals surface area contributed by atoms with Crippen molar-refractivity contribution in [2.24, 2.45) is 0 Å². The summed E-state index contributed by atoms with van der Waals surface area (Å²) in [6.07, 6.45) is -0.530. The third-order valence-corrected chi connectivity index (χ3v) is 5.16. The first-order chi connectivity index (χ1) is 13.2. The summed E-state index contributed by atoms with van der Waals surface area (Å²) in [5, 5.41) is 0. The fourth-order valence-electron chi connectivity index (χ4n) is 3.38. The van der Waals surface area contributed by atoms with Crippen molar-refractivity contribution in [3.63, 3.8) is 0 Å². The largest absolute Gasteiger partial charge is 0.481 e. The van der Waals surface area contributed by atoms with E-state index in [-0.39, 0.29) is 17.1 Å². The molecule has 1 atom stereocenters. The number of carbonyl (C=O) groups is 1. The van der Waals surface area contributed by atoms with Gasteiger partial charge in [0.15, 0.2) is 6.10 Å². The van der Waals surface area contributed by atoms with Crippen molar-refractivity contribution in [2.45, 2.75) is 39.2 Å². The number of amides is 1. The zero-order valence-electron chi connectivity index (χ0n) is 17.1. The molecular formula is C23H29FN2O2. The summed E-state index contributed by atoms with van der Waals surface area (Å²) >= 11 is 0. The molecular weight excluding hydrogens is 355 g/mol. The summed E-state index contributed by atoms with van der Waals surface area (Å²) in [6, 6.07) is 14.4. The van der Waals surface area contributed by atoms with Crippen LogP contribution >= 0.6 is 0 Å². The van der Waals surface area contributed by atoms with Crippen LogP contribution in [0.4, 0.5) is 10.1 Å². The van der Waals surface area contributed by atoms with Crippen molar-refractivity contribution < 1.29 is 13.9 Å². The molecule has 3 rings (SSSR count). The maximum absolute atomic E-state index is 13.1. The van der Waals surface area contributed by atoms with Gasteiger partial charge < -0.3 is 14.5 Å². The molecule has 1 fully saturated rings. The molecule has 1 saturated heterocycles. The summed E-state index contributed by atoms with van der Waals surface area (Å²) in [5.74, 6) is 0.469. The Bertz CT molecular complexity index is 789. The normalized spacial score (nSPS) is 16.0. The van der Waals surface area contributed by atoms with Crippen molar-refractivity contribution in [3.05, 3.63) is 59.9 Å². The number of nitrogens with zero attached hydrogens (tertiary/aromatic N) is 2. The Kier molecular flexibility index (Phi) is 5.92. The number of rotatable bonds is 4. The molecule has 4 nitrogen and oxygen atoms in total. The Hall–Kier alpha value is -2.56. The second-order valence-corrected chi connectivity index (χ2v) is 8.32. The van der Waals surface area contributed by atoms with Crippen molar-refractivity contribution in [3.8, 4) is 5.75 Å². The van der Waals surface area contributed by atoms with Crippen LogP contribution in [0.1, 0.15) is 33.3 Å². The van der Waals surface area contributed by atoms with Crippen LogP contribution in [0.2, 0.25) is 0 Å². The standard InChI is InChI=1S/C23H29FN2O2/c1-17(28-21-11-5-18(6-12-21)23(2,3)4)22(27)26-15-13-25(14-16-26)20-9-7-19(24)8-10-20/h5-12,17H,13-16H2,1-4H3/t17-/m1/s1. The van der Waals surface area contributed by atoms with Crippen LogP contribution in [-0.2, 0) is 10.2 Å². The number of hydrogen-bond donors (Lipinski definition) is 0. The Balaban J connectivity index is 1.53. The summed E-state index contributed by atoms with van der Waals surface area (Å²) in [7, 11) is 0. The van der Waals surface area contributed by atoms with Crippen LogP contribution in [0.25, 0.3) is 0 Å². The third-order valence-electron chi connectivity index (χ3n) is 5.16. The van der Waals surface area contributed by atoms with E-state index in [0.717, 1.165) is 18.8 Å². The summed E-state index contributed by atoms with van der Waals surface area (Å²) < 4.78 is 19.0. The fourth-order valence-corrected chi connectivity index (χ4v) is 3.38. The van der Waals surface area contributed by atoms with Gasteiger partial charge in [0.25, 0.3) is 5.91 Å².